The minimum atomic E-state index is -0.162. The molecule has 0 saturated carbocycles. The molecule has 0 atom stereocenters. The van der Waals surface area contributed by atoms with E-state index < -0.39 is 0 Å². The minimum Gasteiger partial charge on any atom is -0.507 e. The number of amides is 1. The number of nitrogens with zero attached hydrogens (tertiary/aromatic N) is 1. The van der Waals surface area contributed by atoms with Gasteiger partial charge in [-0.1, -0.05) is 13.0 Å². The Morgan fingerprint density at radius 1 is 1.41 bits per heavy atom. The average molecular weight is 256 g/mol. The van der Waals surface area contributed by atoms with Crippen molar-refractivity contribution in [3.05, 3.63) is 29.3 Å². The van der Waals surface area contributed by atoms with Crippen LogP contribution in [0.1, 0.15) is 29.3 Å². The van der Waals surface area contributed by atoms with Crippen LogP contribution >= 0.6 is 11.6 Å². The van der Waals surface area contributed by atoms with Gasteiger partial charge in [0.1, 0.15) is 5.75 Å². The molecule has 1 amide bonds. The molecule has 0 spiro atoms. The summed E-state index contributed by atoms with van der Waals surface area (Å²) in [6, 6.07) is 5.07. The molecule has 0 fully saturated rings. The number of aryl methyl sites for hydroxylation is 1. The second kappa shape index (κ2) is 6.50. The van der Waals surface area contributed by atoms with Crippen LogP contribution in [-0.2, 0) is 0 Å². The highest BCUT2D eigenvalue weighted by Gasteiger charge is 2.17. The van der Waals surface area contributed by atoms with Gasteiger partial charge in [-0.2, -0.15) is 0 Å². The van der Waals surface area contributed by atoms with E-state index in [0.717, 1.165) is 12.0 Å². The molecule has 0 radical (unpaired) electrons. The van der Waals surface area contributed by atoms with Gasteiger partial charge in [0.15, 0.2) is 0 Å². The molecule has 0 heterocycles. The van der Waals surface area contributed by atoms with Crippen LogP contribution in [0.4, 0.5) is 0 Å². The van der Waals surface area contributed by atoms with Gasteiger partial charge in [0.25, 0.3) is 5.91 Å². The lowest BCUT2D eigenvalue weighted by Gasteiger charge is -2.21. The Bertz CT molecular complexity index is 387. The van der Waals surface area contributed by atoms with Gasteiger partial charge in [-0.05, 0) is 31.0 Å². The van der Waals surface area contributed by atoms with E-state index in [0.29, 0.717) is 24.5 Å². The maximum Gasteiger partial charge on any atom is 0.257 e. The van der Waals surface area contributed by atoms with Crippen LogP contribution in [-0.4, -0.2) is 34.9 Å². The molecular weight excluding hydrogens is 238 g/mol. The zero-order valence-electron chi connectivity index (χ0n) is 10.2. The first kappa shape index (κ1) is 13.8. The molecule has 0 saturated heterocycles. The molecule has 1 N–H and O–H groups in total. The monoisotopic (exact) mass is 255 g/mol. The molecule has 1 aromatic rings. The van der Waals surface area contributed by atoms with Crippen LogP contribution in [0.25, 0.3) is 0 Å². The Labute approximate surface area is 107 Å². The molecule has 4 heteroatoms. The minimum absolute atomic E-state index is 0.0330. The van der Waals surface area contributed by atoms with Crippen molar-refractivity contribution in [3.63, 3.8) is 0 Å². The number of halogens is 1. The van der Waals surface area contributed by atoms with Crippen molar-refractivity contribution < 1.29 is 9.90 Å². The highest BCUT2D eigenvalue weighted by atomic mass is 35.5. The predicted molar refractivity (Wildman–Crippen MR) is 69.8 cm³/mol. The fourth-order valence-electron chi connectivity index (χ4n) is 1.68. The summed E-state index contributed by atoms with van der Waals surface area (Å²) < 4.78 is 0. The van der Waals surface area contributed by atoms with Crippen LogP contribution in [0.2, 0.25) is 0 Å². The van der Waals surface area contributed by atoms with Gasteiger partial charge in [-0.15, -0.1) is 11.6 Å². The van der Waals surface area contributed by atoms with Crippen molar-refractivity contribution >= 4 is 17.5 Å². The van der Waals surface area contributed by atoms with E-state index >= 15 is 0 Å². The van der Waals surface area contributed by atoms with Gasteiger partial charge < -0.3 is 10.0 Å². The lowest BCUT2D eigenvalue weighted by Crippen LogP contribution is -2.33. The second-order valence-electron chi connectivity index (χ2n) is 4.00. The molecule has 0 aliphatic rings. The Morgan fingerprint density at radius 3 is 2.65 bits per heavy atom. The van der Waals surface area contributed by atoms with Crippen molar-refractivity contribution in [3.8, 4) is 5.75 Å². The molecule has 1 aromatic carbocycles. The number of alkyl halides is 1. The lowest BCUT2D eigenvalue weighted by molar-refractivity contribution is 0.0762. The van der Waals surface area contributed by atoms with Crippen LogP contribution in [0.15, 0.2) is 18.2 Å². The standard InChI is InChI=1S/C13H18ClNO2/c1-3-7-15(8-6-14)13(17)11-5-4-10(2)9-12(11)16/h4-5,9,16H,3,6-8H2,1-2H3. The lowest BCUT2D eigenvalue weighted by atomic mass is 10.1. The highest BCUT2D eigenvalue weighted by Crippen LogP contribution is 2.20. The first-order valence-corrected chi connectivity index (χ1v) is 6.28. The average Bonchev–Trinajstić information content (AvgIpc) is 2.28. The number of carbonyl (C=O) groups excluding carboxylic acids is 1. The molecule has 94 valence electrons. The number of carbonyl (C=O) groups is 1. The second-order valence-corrected chi connectivity index (χ2v) is 4.38. The van der Waals surface area contributed by atoms with Gasteiger partial charge in [-0.3, -0.25) is 4.79 Å². The summed E-state index contributed by atoms with van der Waals surface area (Å²) in [7, 11) is 0. The molecule has 3 nitrogen and oxygen atoms in total. The molecule has 0 aliphatic heterocycles. The fraction of sp³-hybridized carbons (Fsp3) is 0.462. The van der Waals surface area contributed by atoms with E-state index in [4.69, 9.17) is 11.6 Å². The van der Waals surface area contributed by atoms with Gasteiger partial charge in [0.05, 0.1) is 5.56 Å². The van der Waals surface area contributed by atoms with Crippen molar-refractivity contribution in [2.24, 2.45) is 0 Å². The van der Waals surface area contributed by atoms with Gasteiger partial charge in [-0.25, -0.2) is 0 Å². The first-order valence-electron chi connectivity index (χ1n) is 5.75. The first-order chi connectivity index (χ1) is 8.10. The van der Waals surface area contributed by atoms with Crippen LogP contribution in [0.3, 0.4) is 0 Å². The Balaban J connectivity index is 2.92. The van der Waals surface area contributed by atoms with Crippen LogP contribution in [0.5, 0.6) is 5.75 Å². The zero-order chi connectivity index (χ0) is 12.8. The smallest absolute Gasteiger partial charge is 0.257 e. The summed E-state index contributed by atoms with van der Waals surface area (Å²) in [6.45, 7) is 5.03. The molecule has 0 aliphatic carbocycles. The number of hydrogen-bond acceptors (Lipinski definition) is 2. The summed E-state index contributed by atoms with van der Waals surface area (Å²) in [5.74, 6) is 0.272. The predicted octanol–water partition coefficient (Wildman–Crippen LogP) is 2.79. The van der Waals surface area contributed by atoms with Gasteiger partial charge >= 0.3 is 0 Å². The quantitative estimate of drug-likeness (QED) is 0.822. The van der Waals surface area contributed by atoms with E-state index in [1.807, 2.05) is 19.9 Å². The molecule has 0 unspecified atom stereocenters. The molecule has 17 heavy (non-hydrogen) atoms. The van der Waals surface area contributed by atoms with Crippen molar-refractivity contribution in [1.82, 2.24) is 4.90 Å². The molecular formula is C13H18ClNO2. The van der Waals surface area contributed by atoms with Crippen molar-refractivity contribution in [1.29, 1.82) is 0 Å². The number of benzene rings is 1. The normalized spacial score (nSPS) is 10.3. The SMILES string of the molecule is CCCN(CCCl)C(=O)c1ccc(C)cc1O. The zero-order valence-corrected chi connectivity index (χ0v) is 11.0. The van der Waals surface area contributed by atoms with E-state index in [1.165, 1.54) is 0 Å². The topological polar surface area (TPSA) is 40.5 Å². The van der Waals surface area contributed by atoms with Gasteiger partial charge in [0.2, 0.25) is 0 Å². The number of aromatic hydroxyl groups is 1. The van der Waals surface area contributed by atoms with Crippen LogP contribution < -0.4 is 0 Å². The van der Waals surface area contributed by atoms with E-state index in [-0.39, 0.29) is 11.7 Å². The molecule has 0 bridgehead atoms. The maximum absolute atomic E-state index is 12.2. The third-order valence-electron chi connectivity index (χ3n) is 2.52. The van der Waals surface area contributed by atoms with E-state index in [9.17, 15) is 9.90 Å². The number of phenolic OH excluding ortho intramolecular Hbond substituents is 1. The van der Waals surface area contributed by atoms with Crippen molar-refractivity contribution in [2.45, 2.75) is 20.3 Å². The summed E-state index contributed by atoms with van der Waals surface area (Å²) in [4.78, 5) is 13.8. The summed E-state index contributed by atoms with van der Waals surface area (Å²) >= 11 is 5.67. The third-order valence-corrected chi connectivity index (χ3v) is 2.69. The van der Waals surface area contributed by atoms with E-state index in [1.54, 1.807) is 17.0 Å². The summed E-state index contributed by atoms with van der Waals surface area (Å²) in [5, 5.41) is 9.77. The number of hydrogen-bond donors (Lipinski definition) is 1. The Hall–Kier alpha value is -1.22. The number of rotatable bonds is 5. The maximum atomic E-state index is 12.2. The largest absolute Gasteiger partial charge is 0.507 e. The van der Waals surface area contributed by atoms with E-state index in [2.05, 4.69) is 0 Å². The third kappa shape index (κ3) is 3.63. The van der Waals surface area contributed by atoms with Crippen molar-refractivity contribution in [2.75, 3.05) is 19.0 Å². The fourth-order valence-corrected chi connectivity index (χ4v) is 1.88. The summed E-state index contributed by atoms with van der Waals surface area (Å²) in [5.41, 5.74) is 1.27. The van der Waals surface area contributed by atoms with Crippen LogP contribution in [0, 0.1) is 6.92 Å². The molecule has 0 aromatic heterocycles. The highest BCUT2D eigenvalue weighted by molar-refractivity contribution is 6.18. The Morgan fingerprint density at radius 2 is 2.12 bits per heavy atom. The number of phenols is 1. The molecule has 1 rings (SSSR count). The summed E-state index contributed by atoms with van der Waals surface area (Å²) in [6.07, 6.45) is 0.870. The Kier molecular flexibility index (Phi) is 5.29. The van der Waals surface area contributed by atoms with Gasteiger partial charge in [0, 0.05) is 19.0 Å².